The predicted octanol–water partition coefficient (Wildman–Crippen LogP) is 5.91. The van der Waals surface area contributed by atoms with Crippen LogP contribution in [0.4, 0.5) is 25.8 Å². The number of rotatable bonds is 10. The number of carbonyl (C=O) groups is 2. The summed E-state index contributed by atoms with van der Waals surface area (Å²) in [6.07, 6.45) is 0. The summed E-state index contributed by atoms with van der Waals surface area (Å²) in [5, 5.41) is 5.59. The van der Waals surface area contributed by atoms with Gasteiger partial charge in [-0.1, -0.05) is 40.2 Å². The molecule has 2 saturated heterocycles. The first-order valence-electron chi connectivity index (χ1n) is 17.6. The zero-order valence-electron chi connectivity index (χ0n) is 29.9. The van der Waals surface area contributed by atoms with Crippen molar-refractivity contribution in [2.45, 2.75) is 40.0 Å². The molecule has 0 spiro atoms. The van der Waals surface area contributed by atoms with Crippen molar-refractivity contribution in [3.05, 3.63) is 123 Å². The van der Waals surface area contributed by atoms with Crippen molar-refractivity contribution < 1.29 is 18.4 Å². The van der Waals surface area contributed by atoms with Crippen LogP contribution < -0.4 is 26.2 Å². The van der Waals surface area contributed by atoms with E-state index in [1.54, 1.807) is 0 Å². The van der Waals surface area contributed by atoms with Crippen molar-refractivity contribution in [2.24, 2.45) is 0 Å². The number of piperazine rings is 2. The number of amides is 2. The van der Waals surface area contributed by atoms with E-state index in [1.165, 1.54) is 49.2 Å². The third kappa shape index (κ3) is 11.8. The van der Waals surface area contributed by atoms with Gasteiger partial charge in [0.15, 0.2) is 0 Å². The van der Waals surface area contributed by atoms with Crippen molar-refractivity contribution in [1.82, 2.24) is 20.4 Å². The Labute approximate surface area is 313 Å². The first-order valence-corrected chi connectivity index (χ1v) is 18.4. The molecule has 4 aromatic rings. The fourth-order valence-corrected chi connectivity index (χ4v) is 6.89. The van der Waals surface area contributed by atoms with Crippen molar-refractivity contribution in [3.63, 3.8) is 0 Å². The fraction of sp³-hybridized carbons (Fsp3) is 0.350. The van der Waals surface area contributed by atoms with Gasteiger partial charge in [-0.3, -0.25) is 19.4 Å². The fourth-order valence-electron chi connectivity index (χ4n) is 6.32. The Bertz CT molecular complexity index is 1650. The minimum atomic E-state index is -0.202. The molecule has 2 aliphatic heterocycles. The van der Waals surface area contributed by atoms with Gasteiger partial charge in [0, 0.05) is 114 Å². The van der Waals surface area contributed by atoms with Gasteiger partial charge in [0.2, 0.25) is 11.8 Å². The van der Waals surface area contributed by atoms with Gasteiger partial charge in [-0.05, 0) is 82.9 Å². The van der Waals surface area contributed by atoms with Crippen LogP contribution in [0.25, 0.3) is 0 Å². The van der Waals surface area contributed by atoms with E-state index in [4.69, 9.17) is 5.73 Å². The van der Waals surface area contributed by atoms with Crippen LogP contribution in [0.5, 0.6) is 0 Å². The van der Waals surface area contributed by atoms with E-state index in [0.29, 0.717) is 18.8 Å². The second-order valence-electron chi connectivity index (χ2n) is 13.3. The number of carbonyl (C=O) groups excluding carboxylic acids is 2. The van der Waals surface area contributed by atoms with E-state index in [1.807, 2.05) is 36.4 Å². The number of nitrogens with two attached hydrogens (primary N) is 1. The van der Waals surface area contributed by atoms with Gasteiger partial charge in [0.05, 0.1) is 0 Å². The number of benzene rings is 4. The van der Waals surface area contributed by atoms with Crippen molar-refractivity contribution in [2.75, 3.05) is 67.9 Å². The molecule has 276 valence electrons. The third-order valence-electron chi connectivity index (χ3n) is 9.32. The monoisotopic (exact) mass is 775 g/mol. The quantitative estimate of drug-likeness (QED) is 0.173. The van der Waals surface area contributed by atoms with Crippen LogP contribution in [-0.4, -0.2) is 74.0 Å². The maximum absolute atomic E-state index is 13.1. The van der Waals surface area contributed by atoms with Gasteiger partial charge < -0.3 is 26.2 Å². The maximum Gasteiger partial charge on any atom is 0.217 e. The molecule has 0 aliphatic carbocycles. The molecule has 0 bridgehead atoms. The summed E-state index contributed by atoms with van der Waals surface area (Å²) in [4.78, 5) is 31.5. The van der Waals surface area contributed by atoms with Crippen LogP contribution in [0.3, 0.4) is 0 Å². The van der Waals surface area contributed by atoms with E-state index in [9.17, 15) is 18.4 Å². The van der Waals surface area contributed by atoms with Crippen LogP contribution in [-0.2, 0) is 35.8 Å². The number of hydrogen-bond acceptors (Lipinski definition) is 7. The Morgan fingerprint density at radius 2 is 1.02 bits per heavy atom. The normalized spacial score (nSPS) is 15.1. The van der Waals surface area contributed by atoms with E-state index in [-0.39, 0.29) is 23.4 Å². The number of hydrogen-bond donors (Lipinski definition) is 3. The SMILES string of the molecule is CC(=O)NCc1ccc(CN2CCN(c3ccc(F)cc3)CC2)cc1Br.CC(=O)NCc1ccc(CN2CCN(c3ccc(F)cc3)CC2)cc1N. The number of halogens is 3. The number of nitrogens with one attached hydrogen (secondary N) is 2. The second kappa shape index (κ2) is 18.8. The first kappa shape index (κ1) is 38.7. The summed E-state index contributed by atoms with van der Waals surface area (Å²) in [5.41, 5.74) is 13.4. The molecule has 0 saturated carbocycles. The molecule has 2 aliphatic rings. The average molecular weight is 777 g/mol. The second-order valence-corrected chi connectivity index (χ2v) is 14.1. The van der Waals surface area contributed by atoms with Crippen LogP contribution >= 0.6 is 15.9 Å². The van der Waals surface area contributed by atoms with Gasteiger partial charge in [0.1, 0.15) is 11.6 Å². The molecule has 52 heavy (non-hydrogen) atoms. The molecule has 12 heteroatoms. The minimum absolute atomic E-state index is 0.0278. The van der Waals surface area contributed by atoms with E-state index < -0.39 is 0 Å². The summed E-state index contributed by atoms with van der Waals surface area (Å²) >= 11 is 3.60. The molecule has 2 heterocycles. The molecule has 4 aromatic carbocycles. The summed E-state index contributed by atoms with van der Waals surface area (Å²) in [5.74, 6) is -0.487. The van der Waals surface area contributed by atoms with Crippen LogP contribution in [0.1, 0.15) is 36.1 Å². The van der Waals surface area contributed by atoms with Gasteiger partial charge >= 0.3 is 0 Å². The van der Waals surface area contributed by atoms with Crippen molar-refractivity contribution in [1.29, 1.82) is 0 Å². The Balaban J connectivity index is 0.000000201. The molecule has 2 amide bonds. The van der Waals surface area contributed by atoms with E-state index >= 15 is 0 Å². The molecule has 2 fully saturated rings. The summed E-state index contributed by atoms with van der Waals surface area (Å²) in [7, 11) is 0. The van der Waals surface area contributed by atoms with E-state index in [2.05, 4.69) is 70.4 Å². The Hall–Kier alpha value is -4.52. The van der Waals surface area contributed by atoms with Gasteiger partial charge in [-0.15, -0.1) is 0 Å². The molecule has 4 N–H and O–H groups in total. The Morgan fingerprint density at radius 3 is 1.42 bits per heavy atom. The number of nitrogens with zero attached hydrogens (tertiary/aromatic N) is 4. The highest BCUT2D eigenvalue weighted by atomic mass is 79.9. The maximum atomic E-state index is 13.1. The summed E-state index contributed by atoms with van der Waals surface area (Å²) in [6.45, 7) is 13.3. The molecule has 9 nitrogen and oxygen atoms in total. The molecule has 0 aromatic heterocycles. The van der Waals surface area contributed by atoms with E-state index in [0.717, 1.165) is 92.4 Å². The van der Waals surface area contributed by atoms with Crippen LogP contribution in [0.15, 0.2) is 89.4 Å². The lowest BCUT2D eigenvalue weighted by Gasteiger charge is -2.36. The first-order chi connectivity index (χ1) is 25.0. The van der Waals surface area contributed by atoms with Crippen molar-refractivity contribution >= 4 is 44.8 Å². The van der Waals surface area contributed by atoms with Crippen LogP contribution in [0.2, 0.25) is 0 Å². The zero-order valence-corrected chi connectivity index (χ0v) is 31.5. The summed E-state index contributed by atoms with van der Waals surface area (Å²) < 4.78 is 27.1. The topological polar surface area (TPSA) is 97.2 Å². The smallest absolute Gasteiger partial charge is 0.217 e. The molecule has 0 unspecified atom stereocenters. The highest BCUT2D eigenvalue weighted by molar-refractivity contribution is 9.10. The van der Waals surface area contributed by atoms with Gasteiger partial charge in [-0.2, -0.15) is 0 Å². The third-order valence-corrected chi connectivity index (χ3v) is 10.1. The molecule has 6 rings (SSSR count). The van der Waals surface area contributed by atoms with Gasteiger partial charge in [0.25, 0.3) is 0 Å². The zero-order chi connectivity index (χ0) is 37.0. The number of nitrogen functional groups attached to an aromatic ring is 1. The van der Waals surface area contributed by atoms with Gasteiger partial charge in [-0.25, -0.2) is 8.78 Å². The van der Waals surface area contributed by atoms with Crippen molar-refractivity contribution in [3.8, 4) is 0 Å². The Morgan fingerprint density at radius 1 is 0.615 bits per heavy atom. The average Bonchev–Trinajstić information content (AvgIpc) is 3.12. The highest BCUT2D eigenvalue weighted by Gasteiger charge is 2.19. The lowest BCUT2D eigenvalue weighted by atomic mass is 10.1. The molecule has 0 atom stereocenters. The lowest BCUT2D eigenvalue weighted by Crippen LogP contribution is -2.45. The number of anilines is 3. The minimum Gasteiger partial charge on any atom is -0.398 e. The van der Waals surface area contributed by atoms with Crippen LogP contribution in [0, 0.1) is 11.6 Å². The lowest BCUT2D eigenvalue weighted by molar-refractivity contribution is -0.120. The molecular weight excluding hydrogens is 728 g/mol. The predicted molar refractivity (Wildman–Crippen MR) is 208 cm³/mol. The molecular formula is C40H48BrF2N7O2. The molecule has 0 radical (unpaired) electrons. The Kier molecular flexibility index (Phi) is 14.0. The standard InChI is InChI=1S/C20H23BrFN3O.C20H25FN4O/c1-15(26)23-13-17-3-2-16(12-20(17)21)14-24-8-10-25(11-9-24)19-6-4-18(22)5-7-19;1-15(26)23-13-17-3-2-16(12-20(17)22)14-24-8-10-25(11-9-24)19-6-4-18(21)5-7-19/h2-7,12H,8-11,13-14H2,1H3,(H,23,26);2-7,12H,8-11,13-14,22H2,1H3,(H,23,26). The summed E-state index contributed by atoms with van der Waals surface area (Å²) in [6, 6.07) is 25.7. The largest absolute Gasteiger partial charge is 0.398 e. The highest BCUT2D eigenvalue weighted by Crippen LogP contribution is 2.23.